The summed E-state index contributed by atoms with van der Waals surface area (Å²) in [7, 11) is 1.59. The predicted octanol–water partition coefficient (Wildman–Crippen LogP) is 1.43. The highest BCUT2D eigenvalue weighted by atomic mass is 16.5. The van der Waals surface area contributed by atoms with E-state index in [1.807, 2.05) is 6.07 Å². The molecule has 1 aromatic rings. The quantitative estimate of drug-likeness (QED) is 0.565. The molecule has 3 N–H and O–H groups in total. The van der Waals surface area contributed by atoms with Crippen LogP contribution in [-0.4, -0.2) is 17.1 Å². The molecule has 0 saturated heterocycles. The zero-order valence-corrected chi connectivity index (χ0v) is 10.1. The fourth-order valence-electron chi connectivity index (χ4n) is 1.47. The Labute approximate surface area is 96.4 Å². The Kier molecular flexibility index (Phi) is 5.14. The first kappa shape index (κ1) is 12.9. The van der Waals surface area contributed by atoms with Gasteiger partial charge in [0, 0.05) is 6.07 Å². The minimum absolute atomic E-state index is 0.0549. The van der Waals surface area contributed by atoms with Crippen LogP contribution in [0.4, 0.5) is 0 Å². The van der Waals surface area contributed by atoms with Gasteiger partial charge in [-0.15, -0.1) is 0 Å². The molecule has 0 saturated carbocycles. The molecule has 90 valence electrons. The van der Waals surface area contributed by atoms with Crippen molar-refractivity contribution in [1.29, 1.82) is 0 Å². The minimum atomic E-state index is 0.0549. The molecular weight excluding hydrogens is 204 g/mol. The summed E-state index contributed by atoms with van der Waals surface area (Å²) in [5.74, 6) is 6.75. The second-order valence-corrected chi connectivity index (χ2v) is 4.18. The maximum atomic E-state index is 5.53. The number of hydrogen-bond acceptors (Lipinski definition) is 5. The first-order chi connectivity index (χ1) is 7.67. The summed E-state index contributed by atoms with van der Waals surface area (Å²) < 4.78 is 5.06. The number of nitrogens with zero attached hydrogens (tertiary/aromatic N) is 2. The fourth-order valence-corrected chi connectivity index (χ4v) is 1.47. The second kappa shape index (κ2) is 6.40. The molecule has 5 heteroatoms. The van der Waals surface area contributed by atoms with Gasteiger partial charge in [-0.1, -0.05) is 13.8 Å². The average Bonchev–Trinajstić information content (AvgIpc) is 2.30. The van der Waals surface area contributed by atoms with Crippen molar-refractivity contribution < 1.29 is 4.74 Å². The maximum Gasteiger partial charge on any atom is 0.216 e. The maximum absolute atomic E-state index is 5.53. The monoisotopic (exact) mass is 224 g/mol. The SMILES string of the molecule is COc1cc(C(CCC(C)C)NN)ncn1. The Morgan fingerprint density at radius 3 is 2.69 bits per heavy atom. The van der Waals surface area contributed by atoms with Crippen molar-refractivity contribution in [2.75, 3.05) is 7.11 Å². The van der Waals surface area contributed by atoms with Crippen LogP contribution in [0.1, 0.15) is 38.4 Å². The first-order valence-corrected chi connectivity index (χ1v) is 5.49. The van der Waals surface area contributed by atoms with Gasteiger partial charge < -0.3 is 4.74 Å². The van der Waals surface area contributed by atoms with E-state index in [-0.39, 0.29) is 6.04 Å². The third kappa shape index (κ3) is 3.75. The van der Waals surface area contributed by atoms with E-state index in [0.717, 1.165) is 18.5 Å². The minimum Gasteiger partial charge on any atom is -0.481 e. The van der Waals surface area contributed by atoms with E-state index in [1.165, 1.54) is 6.33 Å². The summed E-state index contributed by atoms with van der Waals surface area (Å²) in [5, 5.41) is 0. The summed E-state index contributed by atoms with van der Waals surface area (Å²) in [6.07, 6.45) is 3.55. The Morgan fingerprint density at radius 2 is 2.12 bits per heavy atom. The molecule has 0 radical (unpaired) electrons. The average molecular weight is 224 g/mol. The Balaban J connectivity index is 2.70. The van der Waals surface area contributed by atoms with E-state index < -0.39 is 0 Å². The van der Waals surface area contributed by atoms with Gasteiger partial charge in [0.15, 0.2) is 0 Å². The number of hydrogen-bond donors (Lipinski definition) is 2. The van der Waals surface area contributed by atoms with E-state index in [2.05, 4.69) is 29.2 Å². The van der Waals surface area contributed by atoms with Crippen molar-refractivity contribution in [2.24, 2.45) is 11.8 Å². The highest BCUT2D eigenvalue weighted by Crippen LogP contribution is 2.20. The van der Waals surface area contributed by atoms with Crippen molar-refractivity contribution in [2.45, 2.75) is 32.7 Å². The van der Waals surface area contributed by atoms with Gasteiger partial charge >= 0.3 is 0 Å². The van der Waals surface area contributed by atoms with E-state index in [4.69, 9.17) is 10.6 Å². The van der Waals surface area contributed by atoms with E-state index in [1.54, 1.807) is 7.11 Å². The molecule has 5 nitrogen and oxygen atoms in total. The van der Waals surface area contributed by atoms with Crippen LogP contribution in [0.3, 0.4) is 0 Å². The topological polar surface area (TPSA) is 73.1 Å². The van der Waals surface area contributed by atoms with Crippen LogP contribution in [0.2, 0.25) is 0 Å². The first-order valence-electron chi connectivity index (χ1n) is 5.49. The lowest BCUT2D eigenvalue weighted by Gasteiger charge is -2.16. The molecule has 0 fully saturated rings. The zero-order chi connectivity index (χ0) is 12.0. The smallest absolute Gasteiger partial charge is 0.216 e. The number of nitrogens with one attached hydrogen (secondary N) is 1. The molecule has 1 atom stereocenters. The predicted molar refractivity (Wildman–Crippen MR) is 62.7 cm³/mol. The summed E-state index contributed by atoms with van der Waals surface area (Å²) in [4.78, 5) is 8.17. The molecule has 0 aliphatic rings. The second-order valence-electron chi connectivity index (χ2n) is 4.18. The van der Waals surface area contributed by atoms with Gasteiger partial charge in [0.05, 0.1) is 18.8 Å². The molecule has 16 heavy (non-hydrogen) atoms. The van der Waals surface area contributed by atoms with Crippen LogP contribution in [0.25, 0.3) is 0 Å². The van der Waals surface area contributed by atoms with Crippen LogP contribution in [0.15, 0.2) is 12.4 Å². The molecule has 1 heterocycles. The van der Waals surface area contributed by atoms with Gasteiger partial charge in [-0.2, -0.15) is 0 Å². The summed E-state index contributed by atoms with van der Waals surface area (Å²) in [6, 6.07) is 1.87. The summed E-state index contributed by atoms with van der Waals surface area (Å²) >= 11 is 0. The van der Waals surface area contributed by atoms with Gasteiger partial charge in [0.2, 0.25) is 5.88 Å². The van der Waals surface area contributed by atoms with Crippen LogP contribution >= 0.6 is 0 Å². The van der Waals surface area contributed by atoms with Gasteiger partial charge in [0.1, 0.15) is 6.33 Å². The molecule has 0 bridgehead atoms. The number of rotatable bonds is 6. The number of methoxy groups -OCH3 is 1. The van der Waals surface area contributed by atoms with Gasteiger partial charge in [-0.25, -0.2) is 9.97 Å². The van der Waals surface area contributed by atoms with Crippen molar-refractivity contribution in [3.05, 3.63) is 18.1 Å². The van der Waals surface area contributed by atoms with Crippen LogP contribution in [0.5, 0.6) is 5.88 Å². The van der Waals surface area contributed by atoms with Crippen LogP contribution < -0.4 is 16.0 Å². The van der Waals surface area contributed by atoms with E-state index in [0.29, 0.717) is 11.8 Å². The summed E-state index contributed by atoms with van der Waals surface area (Å²) in [6.45, 7) is 4.38. The van der Waals surface area contributed by atoms with Gasteiger partial charge in [0.25, 0.3) is 0 Å². The molecular formula is C11H20N4O. The third-order valence-electron chi connectivity index (χ3n) is 2.46. The third-order valence-corrected chi connectivity index (χ3v) is 2.46. The molecule has 1 aromatic heterocycles. The zero-order valence-electron chi connectivity index (χ0n) is 10.1. The largest absolute Gasteiger partial charge is 0.481 e. The highest BCUT2D eigenvalue weighted by molar-refractivity contribution is 5.16. The lowest BCUT2D eigenvalue weighted by Crippen LogP contribution is -2.29. The molecule has 0 aliphatic carbocycles. The lowest BCUT2D eigenvalue weighted by atomic mass is 10.0. The number of aromatic nitrogens is 2. The van der Waals surface area contributed by atoms with Crippen molar-refractivity contribution >= 4 is 0 Å². The molecule has 0 amide bonds. The fraction of sp³-hybridized carbons (Fsp3) is 0.636. The molecule has 1 rings (SSSR count). The van der Waals surface area contributed by atoms with Crippen molar-refractivity contribution in [3.63, 3.8) is 0 Å². The normalized spacial score (nSPS) is 12.8. The van der Waals surface area contributed by atoms with Gasteiger partial charge in [-0.05, 0) is 18.8 Å². The Morgan fingerprint density at radius 1 is 1.38 bits per heavy atom. The van der Waals surface area contributed by atoms with Crippen LogP contribution in [0, 0.1) is 5.92 Å². The number of ether oxygens (including phenoxy) is 1. The van der Waals surface area contributed by atoms with E-state index in [9.17, 15) is 0 Å². The lowest BCUT2D eigenvalue weighted by molar-refractivity contribution is 0.391. The number of nitrogens with two attached hydrogens (primary N) is 1. The van der Waals surface area contributed by atoms with E-state index >= 15 is 0 Å². The van der Waals surface area contributed by atoms with Gasteiger partial charge in [-0.3, -0.25) is 11.3 Å². The summed E-state index contributed by atoms with van der Waals surface area (Å²) in [5.41, 5.74) is 3.65. The molecule has 0 aliphatic heterocycles. The standard InChI is InChI=1S/C11H20N4O/c1-8(2)4-5-9(15-12)10-6-11(16-3)14-7-13-10/h6-9,15H,4-5,12H2,1-3H3. The Bertz CT molecular complexity index is 317. The van der Waals surface area contributed by atoms with Crippen molar-refractivity contribution in [1.82, 2.24) is 15.4 Å². The molecule has 0 spiro atoms. The highest BCUT2D eigenvalue weighted by Gasteiger charge is 2.12. The molecule has 1 unspecified atom stereocenters. The van der Waals surface area contributed by atoms with Crippen molar-refractivity contribution in [3.8, 4) is 5.88 Å². The van der Waals surface area contributed by atoms with Crippen LogP contribution in [-0.2, 0) is 0 Å². The molecule has 0 aromatic carbocycles. The Hall–Kier alpha value is -1.20. The number of hydrazine groups is 1.